The minimum atomic E-state index is 0.240. The fourth-order valence-corrected chi connectivity index (χ4v) is 3.22. The summed E-state index contributed by atoms with van der Waals surface area (Å²) >= 11 is 1.73. The molecule has 3 aromatic heterocycles. The molecule has 21 heavy (non-hydrogen) atoms. The van der Waals surface area contributed by atoms with Gasteiger partial charge in [-0.3, -0.25) is 9.97 Å². The van der Waals surface area contributed by atoms with Crippen molar-refractivity contribution in [2.24, 2.45) is 0 Å². The maximum atomic E-state index is 4.56. The molecule has 0 fully saturated rings. The Labute approximate surface area is 129 Å². The van der Waals surface area contributed by atoms with Gasteiger partial charge in [0, 0.05) is 30.6 Å². The Bertz CT molecular complexity index is 718. The van der Waals surface area contributed by atoms with Crippen LogP contribution in [-0.2, 0) is 12.8 Å². The van der Waals surface area contributed by atoms with Gasteiger partial charge in [0.2, 0.25) is 0 Å². The van der Waals surface area contributed by atoms with E-state index < -0.39 is 0 Å². The Morgan fingerprint density at radius 3 is 2.81 bits per heavy atom. The van der Waals surface area contributed by atoms with E-state index in [1.54, 1.807) is 11.3 Å². The quantitative estimate of drug-likeness (QED) is 0.779. The highest BCUT2D eigenvalue weighted by molar-refractivity contribution is 7.17. The van der Waals surface area contributed by atoms with Gasteiger partial charge in [0.05, 0.1) is 10.2 Å². The van der Waals surface area contributed by atoms with Crippen LogP contribution in [0.4, 0.5) is 0 Å². The summed E-state index contributed by atoms with van der Waals surface area (Å²) in [5.74, 6) is 0. The van der Waals surface area contributed by atoms with E-state index in [-0.39, 0.29) is 6.04 Å². The van der Waals surface area contributed by atoms with Crippen molar-refractivity contribution in [3.8, 4) is 0 Å². The van der Waals surface area contributed by atoms with E-state index in [1.807, 2.05) is 19.4 Å². The first-order valence-electron chi connectivity index (χ1n) is 7.24. The van der Waals surface area contributed by atoms with Crippen LogP contribution in [0, 0.1) is 0 Å². The van der Waals surface area contributed by atoms with Gasteiger partial charge in [-0.25, -0.2) is 0 Å². The van der Waals surface area contributed by atoms with Crippen molar-refractivity contribution >= 4 is 21.6 Å². The number of fused-ring (bicyclic) bond motifs is 1. The number of aryl methyl sites for hydroxylation is 1. The van der Waals surface area contributed by atoms with Crippen LogP contribution in [0.5, 0.6) is 0 Å². The summed E-state index contributed by atoms with van der Waals surface area (Å²) in [4.78, 5) is 9.09. The summed E-state index contributed by atoms with van der Waals surface area (Å²) in [7, 11) is 1.99. The molecule has 0 bridgehead atoms. The molecule has 3 nitrogen and oxygen atoms in total. The van der Waals surface area contributed by atoms with E-state index in [1.165, 1.54) is 15.8 Å². The summed E-state index contributed by atoms with van der Waals surface area (Å²) in [5, 5.41) is 5.46. The molecule has 0 aliphatic carbocycles. The van der Waals surface area contributed by atoms with Crippen LogP contribution in [0.2, 0.25) is 0 Å². The lowest BCUT2D eigenvalue weighted by molar-refractivity contribution is 0.583. The molecule has 3 heterocycles. The van der Waals surface area contributed by atoms with Crippen LogP contribution < -0.4 is 5.32 Å². The lowest BCUT2D eigenvalue weighted by Crippen LogP contribution is -2.19. The Balaban J connectivity index is 1.82. The van der Waals surface area contributed by atoms with E-state index in [0.29, 0.717) is 0 Å². The summed E-state index contributed by atoms with van der Waals surface area (Å²) in [6, 6.07) is 8.82. The summed E-state index contributed by atoms with van der Waals surface area (Å²) in [5.41, 5.74) is 4.68. The molecule has 1 N–H and O–H groups in total. The van der Waals surface area contributed by atoms with Gasteiger partial charge in [0.15, 0.2) is 0 Å². The molecule has 1 atom stereocenters. The second-order valence-corrected chi connectivity index (χ2v) is 6.08. The van der Waals surface area contributed by atoms with Gasteiger partial charge < -0.3 is 5.32 Å². The predicted molar refractivity (Wildman–Crippen MR) is 88.7 cm³/mol. The van der Waals surface area contributed by atoms with Crippen molar-refractivity contribution in [1.29, 1.82) is 0 Å². The second kappa shape index (κ2) is 6.33. The lowest BCUT2D eigenvalue weighted by atomic mass is 10.0. The average molecular weight is 297 g/mol. The van der Waals surface area contributed by atoms with E-state index in [2.05, 4.69) is 51.9 Å². The van der Waals surface area contributed by atoms with Crippen LogP contribution in [0.25, 0.3) is 10.2 Å². The average Bonchev–Trinajstić information content (AvgIpc) is 3.00. The van der Waals surface area contributed by atoms with Crippen LogP contribution in [-0.4, -0.2) is 17.0 Å². The number of rotatable bonds is 5. The van der Waals surface area contributed by atoms with Crippen molar-refractivity contribution in [3.05, 3.63) is 58.9 Å². The minimum Gasteiger partial charge on any atom is -0.313 e. The molecule has 4 heteroatoms. The smallest absolute Gasteiger partial charge is 0.0809 e. The molecule has 0 saturated heterocycles. The number of hydrogen-bond donors (Lipinski definition) is 1. The monoisotopic (exact) mass is 297 g/mol. The summed E-state index contributed by atoms with van der Waals surface area (Å²) in [6.45, 7) is 2.15. The predicted octanol–water partition coefficient (Wildman–Crippen LogP) is 3.76. The molecule has 0 aliphatic heterocycles. The Hall–Kier alpha value is -1.78. The first-order valence-corrected chi connectivity index (χ1v) is 8.12. The van der Waals surface area contributed by atoms with Gasteiger partial charge in [-0.15, -0.1) is 11.3 Å². The molecule has 0 saturated carbocycles. The molecule has 108 valence electrons. The summed E-state index contributed by atoms with van der Waals surface area (Å²) < 4.78 is 1.24. The highest BCUT2D eigenvalue weighted by atomic mass is 32.1. The SMILES string of the molecule is CCc1ccc(CC(NC)c2cnc3ccsc3c2)nc1. The highest BCUT2D eigenvalue weighted by Gasteiger charge is 2.12. The normalized spacial score (nSPS) is 12.7. The van der Waals surface area contributed by atoms with E-state index >= 15 is 0 Å². The molecule has 3 aromatic rings. The number of hydrogen-bond acceptors (Lipinski definition) is 4. The number of likely N-dealkylation sites (N-methyl/N-ethyl adjacent to an activating group) is 1. The molecule has 1 unspecified atom stereocenters. The van der Waals surface area contributed by atoms with Gasteiger partial charge >= 0.3 is 0 Å². The van der Waals surface area contributed by atoms with E-state index in [0.717, 1.165) is 24.1 Å². The van der Waals surface area contributed by atoms with E-state index in [4.69, 9.17) is 0 Å². The zero-order valence-electron chi connectivity index (χ0n) is 12.3. The van der Waals surface area contributed by atoms with E-state index in [9.17, 15) is 0 Å². The zero-order valence-corrected chi connectivity index (χ0v) is 13.2. The van der Waals surface area contributed by atoms with Crippen molar-refractivity contribution in [1.82, 2.24) is 15.3 Å². The number of thiophene rings is 1. The zero-order chi connectivity index (χ0) is 14.7. The number of pyridine rings is 2. The van der Waals surface area contributed by atoms with Gasteiger partial charge in [-0.1, -0.05) is 13.0 Å². The maximum absolute atomic E-state index is 4.56. The first kappa shape index (κ1) is 14.2. The molecular weight excluding hydrogens is 278 g/mol. The lowest BCUT2D eigenvalue weighted by Gasteiger charge is -2.16. The third-order valence-corrected chi connectivity index (χ3v) is 4.64. The summed E-state index contributed by atoms with van der Waals surface area (Å²) in [6.07, 6.45) is 5.85. The van der Waals surface area contributed by atoms with Crippen LogP contribution in [0.15, 0.2) is 42.0 Å². The molecule has 0 aromatic carbocycles. The molecule has 0 radical (unpaired) electrons. The number of nitrogens with one attached hydrogen (secondary N) is 1. The maximum Gasteiger partial charge on any atom is 0.0809 e. The third kappa shape index (κ3) is 3.12. The van der Waals surface area contributed by atoms with Crippen LogP contribution >= 0.6 is 11.3 Å². The van der Waals surface area contributed by atoms with Gasteiger partial charge in [0.25, 0.3) is 0 Å². The largest absolute Gasteiger partial charge is 0.313 e. The van der Waals surface area contributed by atoms with Gasteiger partial charge in [0.1, 0.15) is 0 Å². The Morgan fingerprint density at radius 1 is 1.19 bits per heavy atom. The molecule has 0 spiro atoms. The van der Waals surface area contributed by atoms with Crippen molar-refractivity contribution < 1.29 is 0 Å². The number of nitrogens with zero attached hydrogens (tertiary/aromatic N) is 2. The van der Waals surface area contributed by atoms with Gasteiger partial charge in [-0.2, -0.15) is 0 Å². The molecule has 3 rings (SSSR count). The Morgan fingerprint density at radius 2 is 2.10 bits per heavy atom. The molecule has 0 aliphatic rings. The third-order valence-electron chi connectivity index (χ3n) is 3.78. The molecule has 0 amide bonds. The van der Waals surface area contributed by atoms with Crippen molar-refractivity contribution in [2.45, 2.75) is 25.8 Å². The minimum absolute atomic E-state index is 0.240. The van der Waals surface area contributed by atoms with Crippen LogP contribution in [0.1, 0.15) is 29.8 Å². The van der Waals surface area contributed by atoms with Gasteiger partial charge in [-0.05, 0) is 48.2 Å². The standard InChI is InChI=1S/C17H19N3S/c1-3-12-4-5-14(19-10-12)9-16(18-2)13-8-17-15(20-11-13)6-7-21-17/h4-8,10-11,16,18H,3,9H2,1-2H3. The molecular formula is C17H19N3S. The fourth-order valence-electron chi connectivity index (χ4n) is 2.43. The first-order chi connectivity index (χ1) is 10.3. The topological polar surface area (TPSA) is 37.8 Å². The Kier molecular flexibility index (Phi) is 4.27. The number of aromatic nitrogens is 2. The van der Waals surface area contributed by atoms with Crippen molar-refractivity contribution in [3.63, 3.8) is 0 Å². The fraction of sp³-hybridized carbons (Fsp3) is 0.294. The second-order valence-electron chi connectivity index (χ2n) is 5.13. The van der Waals surface area contributed by atoms with Crippen molar-refractivity contribution in [2.75, 3.05) is 7.05 Å². The highest BCUT2D eigenvalue weighted by Crippen LogP contribution is 2.24. The van der Waals surface area contributed by atoms with Crippen LogP contribution in [0.3, 0.4) is 0 Å².